The van der Waals surface area contributed by atoms with Gasteiger partial charge in [-0.05, 0) is 11.4 Å². The zero-order valence-corrected chi connectivity index (χ0v) is 4.76. The summed E-state index contributed by atoms with van der Waals surface area (Å²) >= 11 is 0. The Morgan fingerprint density at radius 1 is 1.00 bits per heavy atom. The van der Waals surface area contributed by atoms with E-state index in [9.17, 15) is 4.11 Å². The van der Waals surface area contributed by atoms with Crippen molar-refractivity contribution >= 4 is 8.73 Å². The molecule has 0 spiro atoms. The average Bonchev–Trinajstić information content (AvgIpc) is 1.69. The van der Waals surface area contributed by atoms with E-state index < -0.39 is 8.73 Å². The van der Waals surface area contributed by atoms with Gasteiger partial charge in [-0.1, -0.05) is 18.2 Å². The second-order valence-corrected chi connectivity index (χ2v) is 2.73. The molecule has 1 heterocycles. The van der Waals surface area contributed by atoms with Crippen LogP contribution in [0.5, 0.6) is 0 Å². The third kappa shape index (κ3) is 1.20. The Labute approximate surface area is 43.3 Å². The van der Waals surface area contributed by atoms with E-state index in [0.717, 1.165) is 0 Å². The molecule has 0 aromatic carbocycles. The Morgan fingerprint density at radius 2 is 1.57 bits per heavy atom. The summed E-state index contributed by atoms with van der Waals surface area (Å²) in [5.74, 6) is 0. The predicted octanol–water partition coefficient (Wildman–Crippen LogP) is 1.44. The van der Waals surface area contributed by atoms with Crippen molar-refractivity contribution in [1.82, 2.24) is 0 Å². The molecule has 0 nitrogen and oxygen atoms in total. The lowest BCUT2D eigenvalue weighted by atomic mass is 10.6. The Kier molecular flexibility index (Phi) is 1.31. The molecule has 0 aliphatic heterocycles. The Morgan fingerprint density at radius 3 is 1.86 bits per heavy atom. The molecule has 1 aromatic heterocycles. The molecule has 0 N–H and O–H groups in total. The highest BCUT2D eigenvalue weighted by Crippen LogP contribution is 1.83. The van der Waals surface area contributed by atoms with Gasteiger partial charge in [-0.2, -0.15) is 0 Å². The molecule has 0 aliphatic carbocycles. The fraction of sp³-hybridized carbons (Fsp3) is 0. The van der Waals surface area contributed by atoms with Gasteiger partial charge in [-0.15, -0.1) is 0 Å². The molecule has 0 aliphatic rings. The average molecular weight is 112 g/mol. The zero-order chi connectivity index (χ0) is 5.11. The summed E-state index contributed by atoms with van der Waals surface area (Å²) in [6.45, 7) is 0. The van der Waals surface area contributed by atoms with Crippen molar-refractivity contribution < 1.29 is 4.11 Å². The van der Waals surface area contributed by atoms with E-state index in [1.807, 2.05) is 6.07 Å². The highest BCUT2D eigenvalue weighted by molar-refractivity contribution is 6.42. The molecular weight excluding hydrogens is 107 g/mol. The summed E-state index contributed by atoms with van der Waals surface area (Å²) in [7, 11) is -1.69. The van der Waals surface area contributed by atoms with Gasteiger partial charge in [0.25, 0.3) is 8.73 Å². The predicted molar refractivity (Wildman–Crippen MR) is 28.9 cm³/mol. The minimum atomic E-state index is -1.69. The fourth-order valence-corrected chi connectivity index (χ4v) is 1.12. The van der Waals surface area contributed by atoms with Crippen LogP contribution >= 0.6 is 0 Å². The van der Waals surface area contributed by atoms with Crippen LogP contribution in [-0.4, -0.2) is 8.73 Å². The van der Waals surface area contributed by atoms with Crippen LogP contribution in [0.3, 0.4) is 0 Å². The molecule has 0 amide bonds. The molecule has 0 unspecified atom stereocenters. The van der Waals surface area contributed by atoms with Crippen LogP contribution < -0.4 is 0 Å². The first-order valence-corrected chi connectivity index (χ1v) is 3.63. The third-order valence-electron chi connectivity index (χ3n) is 0.733. The fourth-order valence-electron chi connectivity index (χ4n) is 0.415. The van der Waals surface area contributed by atoms with Gasteiger partial charge in [0.1, 0.15) is 0 Å². The van der Waals surface area contributed by atoms with Crippen LogP contribution in [0, 0.1) is 0 Å². The second kappa shape index (κ2) is 1.98. The van der Waals surface area contributed by atoms with Crippen molar-refractivity contribution in [1.29, 1.82) is 0 Å². The molecule has 0 saturated heterocycles. The molecule has 0 saturated carbocycles. The summed E-state index contributed by atoms with van der Waals surface area (Å²) in [4.78, 5) is 0. The summed E-state index contributed by atoms with van der Waals surface area (Å²) in [5, 5.41) is 0. The van der Waals surface area contributed by atoms with Gasteiger partial charge < -0.3 is 0 Å². The first-order chi connectivity index (χ1) is 3.39. The summed E-state index contributed by atoms with van der Waals surface area (Å²) in [6.07, 6.45) is 0. The molecule has 0 atom stereocenters. The van der Waals surface area contributed by atoms with E-state index in [-0.39, 0.29) is 0 Å². The van der Waals surface area contributed by atoms with Crippen LogP contribution in [0.25, 0.3) is 0 Å². The van der Waals surface area contributed by atoms with Gasteiger partial charge in [-0.25, -0.2) is 0 Å². The highest BCUT2D eigenvalue weighted by atomic mass is 28.3. The molecule has 0 radical (unpaired) electrons. The lowest BCUT2D eigenvalue weighted by Crippen LogP contribution is -1.78. The van der Waals surface area contributed by atoms with Crippen LogP contribution in [0.15, 0.2) is 29.6 Å². The van der Waals surface area contributed by atoms with Crippen molar-refractivity contribution in [3.63, 3.8) is 0 Å². The van der Waals surface area contributed by atoms with Crippen LogP contribution in [0.4, 0.5) is 4.11 Å². The van der Waals surface area contributed by atoms with E-state index in [1.165, 1.54) is 0 Å². The third-order valence-corrected chi connectivity index (χ3v) is 1.75. The lowest BCUT2D eigenvalue weighted by molar-refractivity contribution is 0.873. The van der Waals surface area contributed by atoms with Crippen LogP contribution in [-0.2, 0) is 0 Å². The van der Waals surface area contributed by atoms with Gasteiger partial charge in [0.2, 0.25) is 0 Å². The van der Waals surface area contributed by atoms with Gasteiger partial charge in [0.15, 0.2) is 0 Å². The summed E-state index contributed by atoms with van der Waals surface area (Å²) in [6, 6.07) is 5.32. The number of hydrogen-bond donors (Lipinski definition) is 0. The van der Waals surface area contributed by atoms with Crippen LogP contribution in [0.2, 0.25) is 0 Å². The van der Waals surface area contributed by atoms with Crippen molar-refractivity contribution in [3.8, 4) is 0 Å². The topological polar surface area (TPSA) is 0 Å². The van der Waals surface area contributed by atoms with E-state index in [4.69, 9.17) is 0 Å². The maximum absolute atomic E-state index is 12.1. The zero-order valence-electron chi connectivity index (χ0n) is 3.76. The molecule has 0 fully saturated rings. The normalized spacial score (nSPS) is 8.71. The Bertz CT molecular complexity index is 138. The van der Waals surface area contributed by atoms with Crippen molar-refractivity contribution in [2.45, 2.75) is 0 Å². The number of halogens is 1. The Balaban J connectivity index is 3.02. The molecule has 7 heavy (non-hydrogen) atoms. The molecule has 1 aromatic rings. The smallest absolute Gasteiger partial charge is 0.258 e. The SMILES string of the molecule is F[si]1ccccc1. The van der Waals surface area contributed by atoms with Crippen molar-refractivity contribution in [3.05, 3.63) is 29.6 Å². The molecule has 0 bridgehead atoms. The number of hydrogen-bond acceptors (Lipinski definition) is 0. The van der Waals surface area contributed by atoms with E-state index in [0.29, 0.717) is 0 Å². The van der Waals surface area contributed by atoms with Gasteiger partial charge in [-0.3, -0.25) is 4.11 Å². The van der Waals surface area contributed by atoms with E-state index in [2.05, 4.69) is 0 Å². The maximum atomic E-state index is 12.1. The van der Waals surface area contributed by atoms with Gasteiger partial charge >= 0.3 is 0 Å². The second-order valence-electron chi connectivity index (χ2n) is 1.30. The molecule has 2 heteroatoms. The minimum absolute atomic E-state index is 1.60. The Hall–Kier alpha value is -0.503. The monoisotopic (exact) mass is 112 g/mol. The van der Waals surface area contributed by atoms with Gasteiger partial charge in [0, 0.05) is 0 Å². The molecular formula is C5H5FSi. The first-order valence-electron chi connectivity index (χ1n) is 2.10. The first kappa shape index (κ1) is 4.65. The van der Waals surface area contributed by atoms with Gasteiger partial charge in [0.05, 0.1) is 0 Å². The van der Waals surface area contributed by atoms with E-state index >= 15 is 0 Å². The number of rotatable bonds is 0. The quantitative estimate of drug-likeness (QED) is 0.352. The van der Waals surface area contributed by atoms with Crippen molar-refractivity contribution in [2.24, 2.45) is 0 Å². The largest absolute Gasteiger partial charge is 0.278 e. The molecule has 36 valence electrons. The molecule has 1 rings (SSSR count). The van der Waals surface area contributed by atoms with E-state index in [1.54, 1.807) is 23.5 Å². The standard InChI is InChI=1S/C5H5FSi/c6-7-4-2-1-3-5-7/h1-5H. The lowest BCUT2D eigenvalue weighted by Gasteiger charge is -1.76. The highest BCUT2D eigenvalue weighted by Gasteiger charge is 1.80. The summed E-state index contributed by atoms with van der Waals surface area (Å²) in [5.41, 5.74) is 3.20. The van der Waals surface area contributed by atoms with Crippen LogP contribution in [0.1, 0.15) is 0 Å². The van der Waals surface area contributed by atoms with Crippen molar-refractivity contribution in [2.75, 3.05) is 0 Å². The summed E-state index contributed by atoms with van der Waals surface area (Å²) < 4.78 is 12.1. The maximum Gasteiger partial charge on any atom is 0.258 e. The minimum Gasteiger partial charge on any atom is -0.278 e.